The van der Waals surface area contributed by atoms with Gasteiger partial charge in [-0.05, 0) is 78.6 Å². The molecule has 5 rings (SSSR count). The Labute approximate surface area is 207 Å². The molecule has 1 aliphatic heterocycles. The molecule has 3 aromatic rings. The second kappa shape index (κ2) is 9.51. The Balaban J connectivity index is 1.47. The quantitative estimate of drug-likeness (QED) is 0.403. The predicted molar refractivity (Wildman–Crippen MR) is 135 cm³/mol. The summed E-state index contributed by atoms with van der Waals surface area (Å²) >= 11 is 0. The van der Waals surface area contributed by atoms with Gasteiger partial charge in [0.05, 0.1) is 32.3 Å². The van der Waals surface area contributed by atoms with Crippen molar-refractivity contribution in [2.75, 3.05) is 20.2 Å². The number of nitrogens with zero attached hydrogens (tertiary/aromatic N) is 3. The van der Waals surface area contributed by atoms with Gasteiger partial charge in [0.25, 0.3) is 0 Å². The predicted octanol–water partition coefficient (Wildman–Crippen LogP) is 4.83. The largest absolute Gasteiger partial charge is 0.625 e. The van der Waals surface area contributed by atoms with E-state index >= 15 is 0 Å². The number of likely N-dealkylation sites (tertiary alicyclic amines) is 1. The molecule has 0 N–H and O–H groups in total. The summed E-state index contributed by atoms with van der Waals surface area (Å²) in [7, 11) is 1.73. The van der Waals surface area contributed by atoms with E-state index in [4.69, 9.17) is 9.72 Å². The molecule has 1 amide bonds. The van der Waals surface area contributed by atoms with Gasteiger partial charge >= 0.3 is 5.91 Å². The summed E-state index contributed by atoms with van der Waals surface area (Å²) in [5.74, 6) is 0.926. The smallest absolute Gasteiger partial charge is 0.318 e. The summed E-state index contributed by atoms with van der Waals surface area (Å²) in [6.45, 7) is 4.80. The number of quaternary nitrogens is 1. The number of hydroxylamine groups is 3. The standard InChI is InChI=1S/C29H33N3O3/c1-19-14-23-4-5-24-15-20(2)18-31-29(24)28(27(23)25(16-19)35-3)22-8-12-32(34,13-9-22)26(33)17-21-6-10-30-11-7-21/h6-7,10-11,14-16,18,22,28H,4-5,8-9,12-13,17H2,1-3H3. The summed E-state index contributed by atoms with van der Waals surface area (Å²) in [5, 5.41) is 13.6. The summed E-state index contributed by atoms with van der Waals surface area (Å²) in [5.41, 5.74) is 8.11. The first-order valence-corrected chi connectivity index (χ1v) is 12.5. The van der Waals surface area contributed by atoms with E-state index in [1.165, 1.54) is 22.3 Å². The Hall–Kier alpha value is -3.09. The first kappa shape index (κ1) is 23.6. The molecule has 35 heavy (non-hydrogen) atoms. The molecule has 1 atom stereocenters. The molecular weight excluding hydrogens is 438 g/mol. The van der Waals surface area contributed by atoms with Gasteiger partial charge in [0.1, 0.15) is 5.75 Å². The van der Waals surface area contributed by atoms with E-state index in [-0.39, 0.29) is 24.2 Å². The third kappa shape index (κ3) is 4.60. The zero-order valence-electron chi connectivity index (χ0n) is 20.8. The minimum Gasteiger partial charge on any atom is -0.625 e. The molecule has 0 radical (unpaired) electrons. The Morgan fingerprint density at radius 1 is 1.06 bits per heavy atom. The number of carbonyl (C=O) groups excluding carboxylic acids is 1. The lowest BCUT2D eigenvalue weighted by atomic mass is 9.75. The van der Waals surface area contributed by atoms with Crippen LogP contribution in [0.5, 0.6) is 5.75 Å². The number of aromatic nitrogens is 2. The molecule has 1 aliphatic carbocycles. The zero-order chi connectivity index (χ0) is 24.6. The maximum absolute atomic E-state index is 13.6. The van der Waals surface area contributed by atoms with Gasteiger partial charge in [-0.2, -0.15) is 0 Å². The van der Waals surface area contributed by atoms with E-state index < -0.39 is 4.65 Å². The van der Waals surface area contributed by atoms with E-state index in [9.17, 15) is 10.0 Å². The van der Waals surface area contributed by atoms with Crippen LogP contribution in [0.4, 0.5) is 0 Å². The normalized spacial score (nSPS) is 23.7. The number of fused-ring (bicyclic) bond motifs is 2. The molecule has 2 aromatic heterocycles. The van der Waals surface area contributed by atoms with Gasteiger partial charge < -0.3 is 9.94 Å². The van der Waals surface area contributed by atoms with Gasteiger partial charge in [0.2, 0.25) is 0 Å². The molecule has 1 fully saturated rings. The molecule has 1 unspecified atom stereocenters. The molecule has 6 nitrogen and oxygen atoms in total. The van der Waals surface area contributed by atoms with Gasteiger partial charge in [-0.3, -0.25) is 14.6 Å². The van der Waals surface area contributed by atoms with Crippen LogP contribution in [0.3, 0.4) is 0 Å². The van der Waals surface area contributed by atoms with Crippen LogP contribution >= 0.6 is 0 Å². The summed E-state index contributed by atoms with van der Waals surface area (Å²) in [4.78, 5) is 22.0. The number of pyridine rings is 2. The van der Waals surface area contributed by atoms with Crippen molar-refractivity contribution in [1.82, 2.24) is 9.97 Å². The van der Waals surface area contributed by atoms with Crippen molar-refractivity contribution in [2.24, 2.45) is 5.92 Å². The molecule has 0 saturated carbocycles. The van der Waals surface area contributed by atoms with Crippen molar-refractivity contribution in [3.63, 3.8) is 0 Å². The van der Waals surface area contributed by atoms with Crippen molar-refractivity contribution in [1.29, 1.82) is 0 Å². The van der Waals surface area contributed by atoms with Crippen LogP contribution in [0.1, 0.15) is 57.8 Å². The Kier molecular flexibility index (Phi) is 6.43. The molecule has 1 saturated heterocycles. The van der Waals surface area contributed by atoms with Crippen LogP contribution in [0.2, 0.25) is 0 Å². The van der Waals surface area contributed by atoms with Crippen LogP contribution in [0, 0.1) is 25.0 Å². The number of ether oxygens (including phenoxy) is 1. The average Bonchev–Trinajstić information content (AvgIpc) is 3.01. The van der Waals surface area contributed by atoms with E-state index in [2.05, 4.69) is 37.0 Å². The SMILES string of the molecule is COc1cc(C)cc2c1C(C1CC[N+]([O-])(C(=O)Cc3ccncc3)CC1)c1ncc(C)cc1CC2. The molecule has 182 valence electrons. The monoisotopic (exact) mass is 471 g/mol. The van der Waals surface area contributed by atoms with E-state index in [1.807, 2.05) is 6.20 Å². The number of rotatable bonds is 4. The lowest BCUT2D eigenvalue weighted by Gasteiger charge is -2.46. The molecule has 2 aliphatic rings. The lowest BCUT2D eigenvalue weighted by molar-refractivity contribution is -0.811. The molecule has 0 bridgehead atoms. The molecule has 3 heterocycles. The highest BCUT2D eigenvalue weighted by molar-refractivity contribution is 5.72. The fourth-order valence-corrected chi connectivity index (χ4v) is 5.96. The van der Waals surface area contributed by atoms with Crippen LogP contribution in [-0.2, 0) is 24.1 Å². The van der Waals surface area contributed by atoms with Gasteiger partial charge in [0.15, 0.2) is 0 Å². The van der Waals surface area contributed by atoms with Crippen molar-refractivity contribution in [3.8, 4) is 5.75 Å². The number of benzene rings is 1. The summed E-state index contributed by atoms with van der Waals surface area (Å²) in [6.07, 6.45) is 8.68. The highest BCUT2D eigenvalue weighted by Gasteiger charge is 2.40. The highest BCUT2D eigenvalue weighted by atomic mass is 16.6. The molecular formula is C29H33N3O3. The first-order valence-electron chi connectivity index (χ1n) is 12.5. The Bertz CT molecular complexity index is 1230. The van der Waals surface area contributed by atoms with E-state index in [0.29, 0.717) is 25.9 Å². The number of aryl methyl sites for hydroxylation is 4. The van der Waals surface area contributed by atoms with Crippen molar-refractivity contribution < 1.29 is 14.2 Å². The number of hydrogen-bond acceptors (Lipinski definition) is 5. The van der Waals surface area contributed by atoms with Crippen molar-refractivity contribution >= 4 is 5.91 Å². The molecule has 0 spiro atoms. The second-order valence-corrected chi connectivity index (χ2v) is 10.2. The van der Waals surface area contributed by atoms with Crippen LogP contribution < -0.4 is 4.74 Å². The number of carbonyl (C=O) groups is 1. The second-order valence-electron chi connectivity index (χ2n) is 10.2. The average molecular weight is 472 g/mol. The van der Waals surface area contributed by atoms with Crippen LogP contribution in [0.15, 0.2) is 48.9 Å². The Morgan fingerprint density at radius 3 is 2.46 bits per heavy atom. The van der Waals surface area contributed by atoms with Crippen LogP contribution in [-0.4, -0.2) is 40.7 Å². The topological polar surface area (TPSA) is 75.1 Å². The van der Waals surface area contributed by atoms with Crippen molar-refractivity contribution in [2.45, 2.75) is 51.9 Å². The number of amides is 1. The fourth-order valence-electron chi connectivity index (χ4n) is 5.96. The third-order valence-corrected chi connectivity index (χ3v) is 7.75. The number of hydrogen-bond donors (Lipinski definition) is 0. The number of methoxy groups -OCH3 is 1. The maximum atomic E-state index is 13.6. The van der Waals surface area contributed by atoms with E-state index in [0.717, 1.165) is 35.4 Å². The van der Waals surface area contributed by atoms with Gasteiger partial charge in [-0.15, -0.1) is 0 Å². The highest BCUT2D eigenvalue weighted by Crippen LogP contribution is 2.47. The minimum absolute atomic E-state index is 0.0581. The van der Waals surface area contributed by atoms with Crippen molar-refractivity contribution in [3.05, 3.63) is 93.2 Å². The Morgan fingerprint density at radius 2 is 1.74 bits per heavy atom. The zero-order valence-corrected chi connectivity index (χ0v) is 20.8. The summed E-state index contributed by atoms with van der Waals surface area (Å²) < 4.78 is 5.15. The molecule has 6 heteroatoms. The lowest BCUT2D eigenvalue weighted by Crippen LogP contribution is -2.53. The van der Waals surface area contributed by atoms with Crippen LogP contribution in [0.25, 0.3) is 0 Å². The van der Waals surface area contributed by atoms with Gasteiger partial charge in [-0.1, -0.05) is 12.1 Å². The fraction of sp³-hybridized carbons (Fsp3) is 0.414. The number of piperidine rings is 1. The molecule has 1 aromatic carbocycles. The van der Waals surface area contributed by atoms with E-state index in [1.54, 1.807) is 31.6 Å². The van der Waals surface area contributed by atoms with Gasteiger partial charge in [0, 0.05) is 42.9 Å². The third-order valence-electron chi connectivity index (χ3n) is 7.75. The first-order chi connectivity index (χ1) is 16.9. The minimum atomic E-state index is -0.752. The van der Waals surface area contributed by atoms with Gasteiger partial charge in [-0.25, -0.2) is 4.79 Å². The maximum Gasteiger partial charge on any atom is 0.318 e. The summed E-state index contributed by atoms with van der Waals surface area (Å²) in [6, 6.07) is 10.3.